The average Bonchev–Trinajstić information content (AvgIpc) is 3.22. The minimum atomic E-state index is -1.02. The molecule has 1 aromatic carbocycles. The zero-order valence-corrected chi connectivity index (χ0v) is 14.9. The summed E-state index contributed by atoms with van der Waals surface area (Å²) in [6.45, 7) is 2.33. The molecule has 8 heteroatoms. The third kappa shape index (κ3) is 2.66. The number of hydrogen-bond acceptors (Lipinski definition) is 5. The quantitative estimate of drug-likeness (QED) is 0.749. The van der Waals surface area contributed by atoms with E-state index in [1.807, 2.05) is 19.1 Å². The number of halogens is 1. The minimum Gasteiger partial charge on any atom is -0.390 e. The number of fused-ring (bicyclic) bond motifs is 1. The smallest absolute Gasteiger partial charge is 0.282 e. The molecule has 1 atom stereocenters. The number of carbonyl (C=O) groups is 1. The molecule has 1 fully saturated rings. The Morgan fingerprint density at radius 3 is 2.73 bits per heavy atom. The van der Waals surface area contributed by atoms with Crippen LogP contribution in [0.25, 0.3) is 16.5 Å². The number of nitrogens with zero attached hydrogens (tertiary/aromatic N) is 3. The first-order chi connectivity index (χ1) is 12.5. The fraction of sp³-hybridized carbons (Fsp3) is 0.278. The Kier molecular flexibility index (Phi) is 3.99. The van der Waals surface area contributed by atoms with Crippen molar-refractivity contribution in [2.45, 2.75) is 19.5 Å². The molecule has 2 N–H and O–H groups in total. The molecule has 3 aromatic rings. The van der Waals surface area contributed by atoms with E-state index in [-0.39, 0.29) is 29.1 Å². The molecule has 3 heterocycles. The number of nitrogens with two attached hydrogens (primary N) is 1. The fourth-order valence-electron chi connectivity index (χ4n) is 3.14. The van der Waals surface area contributed by atoms with E-state index < -0.39 is 6.17 Å². The molecular formula is C18H17FN4O2S. The molecular weight excluding hydrogens is 355 g/mol. The highest BCUT2D eigenvalue weighted by atomic mass is 32.1. The Morgan fingerprint density at radius 1 is 1.35 bits per heavy atom. The third-order valence-electron chi connectivity index (χ3n) is 4.58. The SMILES string of the molecule is Cc1ccc(-n2nc(C(=O)N3CC[C@@H](F)C3)c3csc(N)c3c2=O)cc1. The number of hydrogen-bond donors (Lipinski definition) is 1. The van der Waals surface area contributed by atoms with Crippen LogP contribution >= 0.6 is 11.3 Å². The van der Waals surface area contributed by atoms with Crippen LogP contribution in [0, 0.1) is 6.92 Å². The monoisotopic (exact) mass is 372 g/mol. The lowest BCUT2D eigenvalue weighted by atomic mass is 10.2. The van der Waals surface area contributed by atoms with Gasteiger partial charge >= 0.3 is 0 Å². The predicted molar refractivity (Wildman–Crippen MR) is 99.8 cm³/mol. The molecule has 0 saturated carbocycles. The molecule has 0 radical (unpaired) electrons. The molecule has 1 aliphatic rings. The number of thiophene rings is 1. The van der Waals surface area contributed by atoms with Crippen molar-refractivity contribution >= 4 is 33.0 Å². The highest BCUT2D eigenvalue weighted by Crippen LogP contribution is 2.28. The molecule has 1 amide bonds. The van der Waals surface area contributed by atoms with Gasteiger partial charge in [-0.15, -0.1) is 11.3 Å². The van der Waals surface area contributed by atoms with Gasteiger partial charge in [0, 0.05) is 17.3 Å². The number of anilines is 1. The topological polar surface area (TPSA) is 81.2 Å². The van der Waals surface area contributed by atoms with Crippen molar-refractivity contribution in [2.24, 2.45) is 0 Å². The molecule has 1 saturated heterocycles. The highest BCUT2D eigenvalue weighted by Gasteiger charge is 2.30. The third-order valence-corrected chi connectivity index (χ3v) is 5.39. The highest BCUT2D eigenvalue weighted by molar-refractivity contribution is 7.15. The number of benzene rings is 1. The van der Waals surface area contributed by atoms with Gasteiger partial charge in [0.1, 0.15) is 6.17 Å². The largest absolute Gasteiger partial charge is 0.390 e. The number of carbonyl (C=O) groups excluding carboxylic acids is 1. The van der Waals surface area contributed by atoms with Gasteiger partial charge in [0.05, 0.1) is 22.6 Å². The maximum atomic E-state index is 13.5. The second-order valence-electron chi connectivity index (χ2n) is 6.43. The van der Waals surface area contributed by atoms with Gasteiger partial charge in [0.25, 0.3) is 11.5 Å². The van der Waals surface area contributed by atoms with Crippen molar-refractivity contribution in [1.82, 2.24) is 14.7 Å². The van der Waals surface area contributed by atoms with Crippen molar-refractivity contribution in [3.8, 4) is 5.69 Å². The van der Waals surface area contributed by atoms with E-state index in [1.54, 1.807) is 17.5 Å². The summed E-state index contributed by atoms with van der Waals surface area (Å²) >= 11 is 1.19. The number of aryl methyl sites for hydroxylation is 1. The van der Waals surface area contributed by atoms with Crippen molar-refractivity contribution in [2.75, 3.05) is 18.8 Å². The molecule has 0 unspecified atom stereocenters. The Morgan fingerprint density at radius 2 is 2.08 bits per heavy atom. The number of likely N-dealkylation sites (tertiary alicyclic amines) is 1. The number of nitrogen functional groups attached to an aromatic ring is 1. The summed E-state index contributed by atoms with van der Waals surface area (Å²) in [4.78, 5) is 27.2. The van der Waals surface area contributed by atoms with E-state index in [4.69, 9.17) is 5.73 Å². The maximum Gasteiger partial charge on any atom is 0.282 e. The van der Waals surface area contributed by atoms with Crippen LogP contribution in [-0.4, -0.2) is 39.8 Å². The molecule has 4 rings (SSSR count). The first kappa shape index (κ1) is 16.7. The Bertz CT molecular complexity index is 1060. The first-order valence-corrected chi connectivity index (χ1v) is 9.14. The first-order valence-electron chi connectivity index (χ1n) is 8.26. The Hall–Kier alpha value is -2.74. The van der Waals surface area contributed by atoms with Crippen molar-refractivity contribution in [1.29, 1.82) is 0 Å². The minimum absolute atomic E-state index is 0.0469. The summed E-state index contributed by atoms with van der Waals surface area (Å²) in [5.74, 6) is -0.381. The molecule has 0 aliphatic carbocycles. The van der Waals surface area contributed by atoms with E-state index in [0.29, 0.717) is 29.0 Å². The normalized spacial score (nSPS) is 17.2. The van der Waals surface area contributed by atoms with E-state index in [9.17, 15) is 14.0 Å². The number of alkyl halides is 1. The van der Waals surface area contributed by atoms with Gasteiger partial charge in [-0.3, -0.25) is 9.59 Å². The second-order valence-corrected chi connectivity index (χ2v) is 7.34. The molecule has 134 valence electrons. The summed E-state index contributed by atoms with van der Waals surface area (Å²) in [5.41, 5.74) is 7.33. The van der Waals surface area contributed by atoms with Crippen LogP contribution in [0.2, 0.25) is 0 Å². The van der Waals surface area contributed by atoms with Crippen LogP contribution in [0.5, 0.6) is 0 Å². The standard InChI is InChI=1S/C18H17FN4O2S/c1-10-2-4-12(5-3-10)23-17(24)14-13(9-26-16(14)20)15(21-23)18(25)22-7-6-11(19)8-22/h2-5,9,11H,6-8,20H2,1H3/t11-/m1/s1. The van der Waals surface area contributed by atoms with Crippen LogP contribution in [0.1, 0.15) is 22.5 Å². The lowest BCUT2D eigenvalue weighted by molar-refractivity contribution is 0.0777. The predicted octanol–water partition coefficient (Wildman–Crippen LogP) is 2.52. The van der Waals surface area contributed by atoms with Gasteiger partial charge in [0.2, 0.25) is 0 Å². The van der Waals surface area contributed by atoms with Crippen LogP contribution in [0.3, 0.4) is 0 Å². The fourth-order valence-corrected chi connectivity index (χ4v) is 3.93. The molecule has 1 aliphatic heterocycles. The van der Waals surface area contributed by atoms with Gasteiger partial charge in [-0.25, -0.2) is 4.39 Å². The molecule has 6 nitrogen and oxygen atoms in total. The Labute approximate surface area is 152 Å². The Balaban J connectivity index is 1.92. The van der Waals surface area contributed by atoms with Gasteiger partial charge in [0.15, 0.2) is 5.69 Å². The van der Waals surface area contributed by atoms with Crippen molar-refractivity contribution in [3.05, 3.63) is 51.3 Å². The second kappa shape index (κ2) is 6.21. The van der Waals surface area contributed by atoms with E-state index >= 15 is 0 Å². The van der Waals surface area contributed by atoms with Gasteiger partial charge in [-0.05, 0) is 25.5 Å². The summed E-state index contributed by atoms with van der Waals surface area (Å²) in [7, 11) is 0. The number of aromatic nitrogens is 2. The van der Waals surface area contributed by atoms with Crippen molar-refractivity contribution in [3.63, 3.8) is 0 Å². The molecule has 0 bridgehead atoms. The molecule has 2 aromatic heterocycles. The van der Waals surface area contributed by atoms with Crippen LogP contribution < -0.4 is 11.3 Å². The summed E-state index contributed by atoms with van der Waals surface area (Å²) in [6, 6.07) is 7.25. The van der Waals surface area contributed by atoms with Crippen LogP contribution in [0.15, 0.2) is 34.4 Å². The number of rotatable bonds is 2. The molecule has 26 heavy (non-hydrogen) atoms. The van der Waals surface area contributed by atoms with Gasteiger partial charge < -0.3 is 10.6 Å². The van der Waals surface area contributed by atoms with Crippen LogP contribution in [-0.2, 0) is 0 Å². The summed E-state index contributed by atoms with van der Waals surface area (Å²) < 4.78 is 14.7. The van der Waals surface area contributed by atoms with Crippen molar-refractivity contribution < 1.29 is 9.18 Å². The maximum absolute atomic E-state index is 13.5. The van der Waals surface area contributed by atoms with E-state index in [0.717, 1.165) is 5.56 Å². The van der Waals surface area contributed by atoms with Crippen LogP contribution in [0.4, 0.5) is 9.39 Å². The zero-order chi connectivity index (χ0) is 18.4. The van der Waals surface area contributed by atoms with E-state index in [1.165, 1.54) is 20.9 Å². The van der Waals surface area contributed by atoms with E-state index in [2.05, 4.69) is 5.10 Å². The lowest BCUT2D eigenvalue weighted by Gasteiger charge is -2.16. The lowest BCUT2D eigenvalue weighted by Crippen LogP contribution is -2.32. The zero-order valence-electron chi connectivity index (χ0n) is 14.1. The average molecular weight is 372 g/mol. The van der Waals surface area contributed by atoms with Gasteiger partial charge in [-0.2, -0.15) is 9.78 Å². The van der Waals surface area contributed by atoms with Gasteiger partial charge in [-0.1, -0.05) is 17.7 Å². The summed E-state index contributed by atoms with van der Waals surface area (Å²) in [5, 5.41) is 7.03. The number of amides is 1. The summed E-state index contributed by atoms with van der Waals surface area (Å²) in [6.07, 6.45) is -0.705. The molecule has 0 spiro atoms.